The molecule has 0 aromatic carbocycles. The van der Waals surface area contributed by atoms with Crippen molar-refractivity contribution in [2.75, 3.05) is 26.2 Å². The van der Waals surface area contributed by atoms with Gasteiger partial charge >= 0.3 is 0 Å². The minimum atomic E-state index is 0.0172. The molecule has 2 N–H and O–H groups in total. The van der Waals surface area contributed by atoms with E-state index in [1.165, 1.54) is 24.8 Å². The standard InChI is InChI=1S/C16H25N3O/c1-11-8-12-2-3-13(11)14(18-12)15(20)19-6-4-16(5-7-19)9-17-10-16/h12-14,17-18H,1-10H2/t12-,13+,14-/m0/s1. The Bertz CT molecular complexity index is 433. The van der Waals surface area contributed by atoms with Gasteiger partial charge in [0.05, 0.1) is 6.04 Å². The number of hydrogen-bond donors (Lipinski definition) is 2. The van der Waals surface area contributed by atoms with Gasteiger partial charge in [0.15, 0.2) is 0 Å². The lowest BCUT2D eigenvalue weighted by molar-refractivity contribution is -0.139. The largest absolute Gasteiger partial charge is 0.341 e. The molecule has 0 aromatic heterocycles. The summed E-state index contributed by atoms with van der Waals surface area (Å²) in [6.07, 6.45) is 5.78. The number of likely N-dealkylation sites (tertiary alicyclic amines) is 1. The van der Waals surface area contributed by atoms with Crippen LogP contribution < -0.4 is 10.6 Å². The van der Waals surface area contributed by atoms with Gasteiger partial charge < -0.3 is 15.5 Å². The van der Waals surface area contributed by atoms with Crippen molar-refractivity contribution in [1.29, 1.82) is 0 Å². The molecule has 4 aliphatic heterocycles. The van der Waals surface area contributed by atoms with E-state index in [0.717, 1.165) is 39.0 Å². The third-order valence-corrected chi connectivity index (χ3v) is 6.08. The Morgan fingerprint density at radius 1 is 1.25 bits per heavy atom. The summed E-state index contributed by atoms with van der Waals surface area (Å²) in [6.45, 7) is 8.40. The van der Waals surface area contributed by atoms with Crippen molar-refractivity contribution in [1.82, 2.24) is 15.5 Å². The molecule has 20 heavy (non-hydrogen) atoms. The molecule has 0 aromatic rings. The number of carbonyl (C=O) groups excluding carboxylic acids is 1. The average molecular weight is 275 g/mol. The van der Waals surface area contributed by atoms with E-state index >= 15 is 0 Å². The summed E-state index contributed by atoms with van der Waals surface area (Å²) in [4.78, 5) is 14.9. The molecule has 4 heteroatoms. The number of piperidine rings is 3. The Labute approximate surface area is 121 Å². The lowest BCUT2D eigenvalue weighted by Crippen LogP contribution is -2.63. The fraction of sp³-hybridized carbons (Fsp3) is 0.812. The molecular weight excluding hydrogens is 250 g/mol. The Hall–Kier alpha value is -0.870. The first-order valence-electron chi connectivity index (χ1n) is 8.10. The quantitative estimate of drug-likeness (QED) is 0.699. The van der Waals surface area contributed by atoms with Crippen LogP contribution in [0.2, 0.25) is 0 Å². The van der Waals surface area contributed by atoms with Gasteiger partial charge in [-0.25, -0.2) is 0 Å². The van der Waals surface area contributed by atoms with Crippen molar-refractivity contribution in [3.05, 3.63) is 12.2 Å². The van der Waals surface area contributed by atoms with Gasteiger partial charge in [0.25, 0.3) is 0 Å². The van der Waals surface area contributed by atoms with E-state index in [0.29, 0.717) is 23.3 Å². The van der Waals surface area contributed by atoms with Crippen LogP contribution in [0.5, 0.6) is 0 Å². The fourth-order valence-electron chi connectivity index (χ4n) is 4.54. The van der Waals surface area contributed by atoms with Gasteiger partial charge in [0.2, 0.25) is 5.91 Å². The van der Waals surface area contributed by atoms with Crippen LogP contribution in [0.25, 0.3) is 0 Å². The Morgan fingerprint density at radius 2 is 2.00 bits per heavy atom. The first kappa shape index (κ1) is 12.8. The monoisotopic (exact) mass is 275 g/mol. The van der Waals surface area contributed by atoms with Crippen molar-refractivity contribution >= 4 is 5.91 Å². The fourth-order valence-corrected chi connectivity index (χ4v) is 4.54. The molecule has 0 unspecified atom stereocenters. The van der Waals surface area contributed by atoms with Crippen LogP contribution in [-0.4, -0.2) is 49.1 Å². The number of nitrogens with one attached hydrogen (secondary N) is 2. The first-order chi connectivity index (χ1) is 9.67. The smallest absolute Gasteiger partial charge is 0.240 e. The second-order valence-electron chi connectivity index (χ2n) is 7.32. The van der Waals surface area contributed by atoms with Crippen LogP contribution >= 0.6 is 0 Å². The molecule has 2 bridgehead atoms. The number of fused-ring (bicyclic) bond motifs is 3. The van der Waals surface area contributed by atoms with Crippen LogP contribution in [0, 0.1) is 11.3 Å². The minimum Gasteiger partial charge on any atom is -0.341 e. The maximum absolute atomic E-state index is 12.8. The number of rotatable bonds is 1. The number of nitrogens with zero attached hydrogens (tertiary/aromatic N) is 1. The zero-order chi connectivity index (χ0) is 13.7. The maximum atomic E-state index is 12.8. The summed E-state index contributed by atoms with van der Waals surface area (Å²) in [6, 6.07) is 0.511. The summed E-state index contributed by atoms with van der Waals surface area (Å²) >= 11 is 0. The summed E-state index contributed by atoms with van der Waals surface area (Å²) in [5.74, 6) is 0.719. The van der Waals surface area contributed by atoms with E-state index in [9.17, 15) is 4.79 Å². The van der Waals surface area contributed by atoms with Crippen molar-refractivity contribution in [2.45, 2.75) is 44.2 Å². The topological polar surface area (TPSA) is 44.4 Å². The van der Waals surface area contributed by atoms with Crippen LogP contribution in [0.4, 0.5) is 0 Å². The zero-order valence-corrected chi connectivity index (χ0v) is 12.2. The highest BCUT2D eigenvalue weighted by Gasteiger charge is 2.45. The molecule has 1 amide bonds. The van der Waals surface area contributed by atoms with E-state index in [1.54, 1.807) is 0 Å². The van der Waals surface area contributed by atoms with E-state index in [1.807, 2.05) is 0 Å². The normalized spacial score (nSPS) is 38.9. The molecule has 1 spiro atoms. The molecule has 4 nitrogen and oxygen atoms in total. The molecule has 4 heterocycles. The van der Waals surface area contributed by atoms with Crippen LogP contribution in [0.15, 0.2) is 12.2 Å². The number of amides is 1. The molecule has 1 saturated carbocycles. The SMILES string of the molecule is C=C1C[C@@H]2CC[C@H]1[C@@H](C(=O)N1CCC3(CC1)CNC3)N2. The van der Waals surface area contributed by atoms with Crippen LogP contribution in [0.1, 0.15) is 32.1 Å². The molecule has 0 radical (unpaired) electrons. The van der Waals surface area contributed by atoms with Crippen molar-refractivity contribution in [3.8, 4) is 0 Å². The molecular formula is C16H25N3O. The maximum Gasteiger partial charge on any atom is 0.240 e. The number of hydrogen-bond acceptors (Lipinski definition) is 3. The van der Waals surface area contributed by atoms with Crippen LogP contribution in [0.3, 0.4) is 0 Å². The van der Waals surface area contributed by atoms with Gasteiger partial charge in [-0.15, -0.1) is 0 Å². The van der Waals surface area contributed by atoms with Gasteiger partial charge in [-0.2, -0.15) is 0 Å². The zero-order valence-electron chi connectivity index (χ0n) is 12.2. The molecule has 4 saturated heterocycles. The Kier molecular flexibility index (Phi) is 2.93. The molecule has 110 valence electrons. The van der Waals surface area contributed by atoms with Gasteiger partial charge in [-0.05, 0) is 37.5 Å². The third-order valence-electron chi connectivity index (χ3n) is 6.08. The first-order valence-corrected chi connectivity index (χ1v) is 8.10. The van der Waals surface area contributed by atoms with E-state index in [-0.39, 0.29) is 6.04 Å². The molecule has 5 fully saturated rings. The Balaban J connectivity index is 1.42. The summed E-state index contributed by atoms with van der Waals surface area (Å²) in [5.41, 5.74) is 1.81. The van der Waals surface area contributed by atoms with Crippen molar-refractivity contribution in [3.63, 3.8) is 0 Å². The highest BCUT2D eigenvalue weighted by Crippen LogP contribution is 2.39. The lowest BCUT2D eigenvalue weighted by Gasteiger charge is -2.50. The van der Waals surface area contributed by atoms with Gasteiger partial charge in [-0.3, -0.25) is 4.79 Å². The molecule has 1 aliphatic carbocycles. The third kappa shape index (κ3) is 1.92. The van der Waals surface area contributed by atoms with E-state index < -0.39 is 0 Å². The number of carbonyl (C=O) groups is 1. The molecule has 5 rings (SSSR count). The summed E-state index contributed by atoms with van der Waals surface area (Å²) in [5, 5.41) is 6.94. The predicted molar refractivity (Wildman–Crippen MR) is 78.3 cm³/mol. The lowest BCUT2D eigenvalue weighted by atomic mass is 9.71. The highest BCUT2D eigenvalue weighted by molar-refractivity contribution is 5.83. The highest BCUT2D eigenvalue weighted by atomic mass is 16.2. The molecule has 5 aliphatic rings. The summed E-state index contributed by atoms with van der Waals surface area (Å²) in [7, 11) is 0. The Morgan fingerprint density at radius 3 is 2.55 bits per heavy atom. The molecule has 3 atom stereocenters. The van der Waals surface area contributed by atoms with Crippen molar-refractivity contribution in [2.24, 2.45) is 11.3 Å². The van der Waals surface area contributed by atoms with E-state index in [2.05, 4.69) is 22.1 Å². The second kappa shape index (κ2) is 4.57. The van der Waals surface area contributed by atoms with Crippen LogP contribution in [-0.2, 0) is 4.79 Å². The van der Waals surface area contributed by atoms with Gasteiger partial charge in [-0.1, -0.05) is 12.2 Å². The van der Waals surface area contributed by atoms with Crippen molar-refractivity contribution < 1.29 is 4.79 Å². The average Bonchev–Trinajstić information content (AvgIpc) is 2.45. The van der Waals surface area contributed by atoms with E-state index in [4.69, 9.17) is 0 Å². The summed E-state index contributed by atoms with van der Waals surface area (Å²) < 4.78 is 0. The predicted octanol–water partition coefficient (Wildman–Crippen LogP) is 0.895. The van der Waals surface area contributed by atoms with Gasteiger partial charge in [0.1, 0.15) is 0 Å². The minimum absolute atomic E-state index is 0.0172. The second-order valence-corrected chi connectivity index (χ2v) is 7.32. The van der Waals surface area contributed by atoms with Gasteiger partial charge in [0, 0.05) is 38.1 Å².